The SMILES string of the molecule is CC1(C(S)CCS)CCCCCCCCCCCCCCCCC[Si]12CCCCCCCCCCCCCCCCCC2. The van der Waals surface area contributed by atoms with Crippen LogP contribution < -0.4 is 0 Å². The van der Waals surface area contributed by atoms with Gasteiger partial charge in [0.2, 0.25) is 0 Å². The van der Waals surface area contributed by atoms with Gasteiger partial charge < -0.3 is 0 Å². The molecule has 0 saturated carbocycles. The summed E-state index contributed by atoms with van der Waals surface area (Å²) in [6.07, 6.45) is 48.8. The molecule has 1 spiro atoms. The average Bonchev–Trinajstić information content (AvgIpc) is 3.00. The fourth-order valence-electron chi connectivity index (χ4n) is 9.11. The van der Waals surface area contributed by atoms with Gasteiger partial charge in [-0.3, -0.25) is 0 Å². The minimum Gasteiger partial charge on any atom is -0.179 e. The Hall–Kier alpha value is 0.917. The lowest BCUT2D eigenvalue weighted by atomic mass is 9.95. The summed E-state index contributed by atoms with van der Waals surface area (Å²) in [7, 11) is -1.54. The van der Waals surface area contributed by atoms with Gasteiger partial charge in [0.25, 0.3) is 0 Å². The molecular formula is C40H80S2Si. The predicted molar refractivity (Wildman–Crippen MR) is 208 cm³/mol. The van der Waals surface area contributed by atoms with Crippen LogP contribution in [0.15, 0.2) is 0 Å². The van der Waals surface area contributed by atoms with E-state index >= 15 is 0 Å². The van der Waals surface area contributed by atoms with Crippen molar-refractivity contribution >= 4 is 33.3 Å². The van der Waals surface area contributed by atoms with Gasteiger partial charge in [-0.15, -0.1) is 0 Å². The van der Waals surface area contributed by atoms with E-state index in [-0.39, 0.29) is 0 Å². The third-order valence-electron chi connectivity index (χ3n) is 12.3. The second-order valence-corrected chi connectivity index (χ2v) is 22.0. The van der Waals surface area contributed by atoms with E-state index in [1.54, 1.807) is 18.1 Å². The molecule has 0 aromatic heterocycles. The molecular weight excluding hydrogens is 573 g/mol. The van der Waals surface area contributed by atoms with Crippen molar-refractivity contribution in [2.45, 2.75) is 247 Å². The van der Waals surface area contributed by atoms with Gasteiger partial charge in [-0.1, -0.05) is 224 Å². The highest BCUT2D eigenvalue weighted by Crippen LogP contribution is 2.56. The zero-order valence-corrected chi connectivity index (χ0v) is 32.4. The minimum absolute atomic E-state index is 0.473. The first kappa shape index (κ1) is 40.1. The predicted octanol–water partition coefficient (Wildman–Crippen LogP) is 15.3. The molecule has 0 aromatic carbocycles. The van der Waals surface area contributed by atoms with Crippen molar-refractivity contribution < 1.29 is 0 Å². The highest BCUT2D eigenvalue weighted by molar-refractivity contribution is 7.81. The molecule has 2 unspecified atom stereocenters. The van der Waals surface area contributed by atoms with Gasteiger partial charge in [0.1, 0.15) is 0 Å². The first-order chi connectivity index (χ1) is 21.1. The van der Waals surface area contributed by atoms with Crippen LogP contribution in [0.5, 0.6) is 0 Å². The van der Waals surface area contributed by atoms with Crippen LogP contribution in [0.4, 0.5) is 0 Å². The molecule has 2 saturated heterocycles. The Bertz CT molecular complexity index is 565. The normalized spacial score (nSPS) is 28.3. The van der Waals surface area contributed by atoms with Crippen molar-refractivity contribution in [1.82, 2.24) is 0 Å². The molecule has 2 rings (SSSR count). The monoisotopic (exact) mass is 653 g/mol. The van der Waals surface area contributed by atoms with Gasteiger partial charge >= 0.3 is 0 Å². The van der Waals surface area contributed by atoms with E-state index < -0.39 is 8.07 Å². The summed E-state index contributed by atoms with van der Waals surface area (Å²) in [5.41, 5.74) is 0. The van der Waals surface area contributed by atoms with Gasteiger partial charge in [0.05, 0.1) is 8.07 Å². The highest BCUT2D eigenvalue weighted by atomic mass is 32.1. The van der Waals surface area contributed by atoms with Crippen LogP contribution >= 0.6 is 25.3 Å². The van der Waals surface area contributed by atoms with Crippen molar-refractivity contribution in [2.75, 3.05) is 5.75 Å². The Morgan fingerprint density at radius 1 is 0.419 bits per heavy atom. The second-order valence-electron chi connectivity index (χ2n) is 15.7. The smallest absolute Gasteiger partial charge is 0.0607 e. The molecule has 0 amide bonds. The van der Waals surface area contributed by atoms with E-state index in [2.05, 4.69) is 6.92 Å². The standard InChI is InChI=1S/C40H80S2Si/c1-40(39(42)33-35-41)34-29-25-21-17-13-9-5-4-8-12-16-20-24-28-32-38-43(40)36-30-26-22-18-14-10-6-2-3-7-11-15-19-23-27-31-37-43/h39,41-42H,2-38H2,1H3. The lowest BCUT2D eigenvalue weighted by Gasteiger charge is -2.52. The molecule has 0 aliphatic carbocycles. The molecule has 0 aromatic rings. The number of rotatable bonds is 3. The molecule has 0 radical (unpaired) electrons. The number of hydrogen-bond acceptors (Lipinski definition) is 2. The molecule has 2 aliphatic heterocycles. The van der Waals surface area contributed by atoms with Gasteiger partial charge in [-0.2, -0.15) is 25.3 Å². The molecule has 2 fully saturated rings. The minimum atomic E-state index is -1.54. The molecule has 3 heteroatoms. The number of thiol groups is 2. The zero-order chi connectivity index (χ0) is 30.7. The maximum Gasteiger partial charge on any atom is 0.0607 e. The van der Waals surface area contributed by atoms with Crippen molar-refractivity contribution in [1.29, 1.82) is 0 Å². The van der Waals surface area contributed by atoms with E-state index in [0.29, 0.717) is 10.3 Å². The summed E-state index contributed by atoms with van der Waals surface area (Å²) in [4.78, 5) is 0. The molecule has 2 aliphatic rings. The summed E-state index contributed by atoms with van der Waals surface area (Å²) in [6, 6.07) is 4.81. The summed E-state index contributed by atoms with van der Waals surface area (Å²) >= 11 is 10.3. The summed E-state index contributed by atoms with van der Waals surface area (Å²) in [5.74, 6) is 1.01. The van der Waals surface area contributed by atoms with E-state index in [9.17, 15) is 0 Å². The first-order valence-corrected chi connectivity index (χ1v) is 24.2. The van der Waals surface area contributed by atoms with Gasteiger partial charge in [0.15, 0.2) is 0 Å². The highest BCUT2D eigenvalue weighted by Gasteiger charge is 2.50. The van der Waals surface area contributed by atoms with Crippen LogP contribution in [0.1, 0.15) is 219 Å². The second kappa shape index (κ2) is 26.9. The van der Waals surface area contributed by atoms with E-state index in [1.165, 1.54) is 212 Å². The molecule has 0 N–H and O–H groups in total. The van der Waals surface area contributed by atoms with Crippen LogP contribution in [0.25, 0.3) is 0 Å². The molecule has 43 heavy (non-hydrogen) atoms. The van der Waals surface area contributed by atoms with Gasteiger partial charge in [-0.05, 0) is 23.6 Å². The Kier molecular flexibility index (Phi) is 25.1. The van der Waals surface area contributed by atoms with Crippen LogP contribution in [0.3, 0.4) is 0 Å². The lowest BCUT2D eigenvalue weighted by Crippen LogP contribution is -2.51. The molecule has 256 valence electrons. The lowest BCUT2D eigenvalue weighted by molar-refractivity contribution is 0.450. The summed E-state index contributed by atoms with van der Waals surface area (Å²) in [6.45, 7) is 2.80. The van der Waals surface area contributed by atoms with E-state index in [0.717, 1.165) is 5.75 Å². The summed E-state index contributed by atoms with van der Waals surface area (Å²) in [5, 5.41) is 1.02. The number of hydrogen-bond donors (Lipinski definition) is 2. The first-order valence-electron chi connectivity index (χ1n) is 20.4. The quantitative estimate of drug-likeness (QED) is 0.220. The van der Waals surface area contributed by atoms with E-state index in [4.69, 9.17) is 25.3 Å². The van der Waals surface area contributed by atoms with Crippen molar-refractivity contribution in [3.05, 3.63) is 0 Å². The fraction of sp³-hybridized carbons (Fsp3) is 1.00. The largest absolute Gasteiger partial charge is 0.179 e. The van der Waals surface area contributed by atoms with Gasteiger partial charge in [0, 0.05) is 5.25 Å². The van der Waals surface area contributed by atoms with Crippen molar-refractivity contribution in [2.24, 2.45) is 0 Å². The Labute approximate surface area is 285 Å². The third-order valence-corrected chi connectivity index (χ3v) is 20.5. The maximum atomic E-state index is 5.55. The Morgan fingerprint density at radius 2 is 0.651 bits per heavy atom. The fourth-order valence-corrected chi connectivity index (χ4v) is 17.5. The van der Waals surface area contributed by atoms with Gasteiger partial charge in [-0.25, -0.2) is 0 Å². The van der Waals surface area contributed by atoms with Crippen LogP contribution in [0.2, 0.25) is 23.2 Å². The molecule has 2 heterocycles. The Morgan fingerprint density at radius 3 is 0.907 bits per heavy atom. The van der Waals surface area contributed by atoms with Crippen LogP contribution in [-0.4, -0.2) is 19.1 Å². The summed E-state index contributed by atoms with van der Waals surface area (Å²) < 4.78 is 0. The van der Waals surface area contributed by atoms with E-state index in [1.807, 2.05) is 0 Å². The molecule has 0 nitrogen and oxygen atoms in total. The van der Waals surface area contributed by atoms with Crippen LogP contribution in [-0.2, 0) is 0 Å². The maximum absolute atomic E-state index is 5.55. The van der Waals surface area contributed by atoms with Crippen molar-refractivity contribution in [3.8, 4) is 0 Å². The average molecular weight is 653 g/mol. The molecule has 2 atom stereocenters. The molecule has 0 bridgehead atoms. The van der Waals surface area contributed by atoms with Crippen molar-refractivity contribution in [3.63, 3.8) is 0 Å². The third kappa shape index (κ3) is 17.6. The Balaban J connectivity index is 2.22. The zero-order valence-electron chi connectivity index (χ0n) is 29.6. The van der Waals surface area contributed by atoms with Crippen LogP contribution in [0, 0.1) is 0 Å². The topological polar surface area (TPSA) is 0 Å².